The minimum atomic E-state index is -0.259. The second kappa shape index (κ2) is 7.18. The smallest absolute Gasteiger partial charge is 0.171 e. The second-order valence-corrected chi connectivity index (χ2v) is 5.33. The van der Waals surface area contributed by atoms with Gasteiger partial charge in [0.2, 0.25) is 0 Å². The van der Waals surface area contributed by atoms with Crippen LogP contribution in [0.3, 0.4) is 0 Å². The van der Waals surface area contributed by atoms with Gasteiger partial charge in [-0.2, -0.15) is 0 Å². The number of benzene rings is 2. The molecule has 110 valence electrons. The normalized spacial score (nSPS) is 11.8. The summed E-state index contributed by atoms with van der Waals surface area (Å²) in [5.74, 6) is -0.259. The number of hydrogen-bond acceptors (Lipinski definition) is 1. The van der Waals surface area contributed by atoms with Gasteiger partial charge >= 0.3 is 0 Å². The first kappa shape index (κ1) is 15.4. The monoisotopic (exact) mass is 302 g/mol. The third-order valence-corrected chi connectivity index (χ3v) is 3.60. The van der Waals surface area contributed by atoms with Gasteiger partial charge in [0.05, 0.1) is 6.04 Å². The van der Waals surface area contributed by atoms with E-state index in [1.807, 2.05) is 12.1 Å². The molecule has 0 saturated carbocycles. The Morgan fingerprint density at radius 3 is 2.43 bits per heavy atom. The molecular weight excluding hydrogens is 283 g/mol. The van der Waals surface area contributed by atoms with Crippen LogP contribution in [0.25, 0.3) is 0 Å². The van der Waals surface area contributed by atoms with E-state index in [9.17, 15) is 4.39 Å². The number of hydrogen-bond donors (Lipinski definition) is 2. The van der Waals surface area contributed by atoms with E-state index in [0.29, 0.717) is 5.11 Å². The van der Waals surface area contributed by atoms with Crippen molar-refractivity contribution in [2.24, 2.45) is 0 Å². The van der Waals surface area contributed by atoms with Gasteiger partial charge in [-0.3, -0.25) is 0 Å². The predicted octanol–water partition coefficient (Wildman–Crippen LogP) is 4.57. The molecule has 2 N–H and O–H groups in total. The fraction of sp³-hybridized carbons (Fsp3) is 0.235. The number of nitrogens with one attached hydrogen (secondary N) is 2. The molecule has 4 heteroatoms. The average molecular weight is 302 g/mol. The lowest BCUT2D eigenvalue weighted by Gasteiger charge is -2.21. The highest BCUT2D eigenvalue weighted by Crippen LogP contribution is 2.20. The number of rotatable bonds is 4. The Balaban J connectivity index is 2.03. The molecule has 0 amide bonds. The minimum Gasteiger partial charge on any atom is -0.356 e. The first-order valence-electron chi connectivity index (χ1n) is 6.98. The van der Waals surface area contributed by atoms with Crippen molar-refractivity contribution >= 4 is 23.0 Å². The Labute approximate surface area is 130 Å². The molecule has 2 rings (SSSR count). The summed E-state index contributed by atoms with van der Waals surface area (Å²) in [4.78, 5) is 0. The van der Waals surface area contributed by atoms with E-state index in [4.69, 9.17) is 12.2 Å². The third kappa shape index (κ3) is 4.26. The highest BCUT2D eigenvalue weighted by atomic mass is 32.1. The first-order chi connectivity index (χ1) is 10.1. The van der Waals surface area contributed by atoms with Gasteiger partial charge in [-0.25, -0.2) is 4.39 Å². The lowest BCUT2D eigenvalue weighted by molar-refractivity contribution is 0.625. The standard InChI is InChI=1S/C17H19FN2S/c1-3-16(15-7-5-4-6-12(15)2)20-17(21)19-14-10-8-13(18)9-11-14/h4-11,16H,3H2,1-2H3,(H2,19,20,21)/t16-/m1/s1. The average Bonchev–Trinajstić information content (AvgIpc) is 2.48. The maximum Gasteiger partial charge on any atom is 0.171 e. The van der Waals surface area contributed by atoms with E-state index >= 15 is 0 Å². The zero-order valence-corrected chi connectivity index (χ0v) is 13.0. The van der Waals surface area contributed by atoms with Crippen molar-refractivity contribution in [1.29, 1.82) is 0 Å². The molecule has 21 heavy (non-hydrogen) atoms. The van der Waals surface area contributed by atoms with Crippen LogP contribution >= 0.6 is 12.2 Å². The van der Waals surface area contributed by atoms with Crippen molar-refractivity contribution in [2.45, 2.75) is 26.3 Å². The van der Waals surface area contributed by atoms with E-state index in [1.165, 1.54) is 23.3 Å². The summed E-state index contributed by atoms with van der Waals surface area (Å²) in [7, 11) is 0. The molecule has 2 nitrogen and oxygen atoms in total. The van der Waals surface area contributed by atoms with Crippen LogP contribution < -0.4 is 10.6 Å². The minimum absolute atomic E-state index is 0.159. The van der Waals surface area contributed by atoms with E-state index in [0.717, 1.165) is 12.1 Å². The number of thiocarbonyl (C=S) groups is 1. The van der Waals surface area contributed by atoms with Gasteiger partial charge in [0.1, 0.15) is 5.82 Å². The van der Waals surface area contributed by atoms with Gasteiger partial charge < -0.3 is 10.6 Å². The molecule has 0 aliphatic heterocycles. The lowest BCUT2D eigenvalue weighted by Crippen LogP contribution is -2.32. The summed E-state index contributed by atoms with van der Waals surface area (Å²) in [6.07, 6.45) is 0.927. The van der Waals surface area contributed by atoms with E-state index in [-0.39, 0.29) is 11.9 Å². The van der Waals surface area contributed by atoms with Crippen molar-refractivity contribution in [1.82, 2.24) is 5.32 Å². The molecule has 2 aromatic rings. The molecule has 0 unspecified atom stereocenters. The van der Waals surface area contributed by atoms with Gasteiger partial charge in [0, 0.05) is 5.69 Å². The summed E-state index contributed by atoms with van der Waals surface area (Å²) in [6.45, 7) is 4.21. The van der Waals surface area contributed by atoms with E-state index in [1.54, 1.807) is 12.1 Å². The molecule has 0 fully saturated rings. The Morgan fingerprint density at radius 1 is 1.14 bits per heavy atom. The van der Waals surface area contributed by atoms with Crippen LogP contribution in [-0.4, -0.2) is 5.11 Å². The lowest BCUT2D eigenvalue weighted by atomic mass is 10.00. The third-order valence-electron chi connectivity index (χ3n) is 3.38. The van der Waals surface area contributed by atoms with Crippen LogP contribution in [0.15, 0.2) is 48.5 Å². The molecule has 0 bridgehead atoms. The number of aryl methyl sites for hydroxylation is 1. The van der Waals surface area contributed by atoms with Crippen molar-refractivity contribution < 1.29 is 4.39 Å². The van der Waals surface area contributed by atoms with Crippen LogP contribution in [0.1, 0.15) is 30.5 Å². The van der Waals surface area contributed by atoms with E-state index < -0.39 is 0 Å². The SMILES string of the molecule is CC[C@@H](NC(=S)Nc1ccc(F)cc1)c1ccccc1C. The zero-order chi connectivity index (χ0) is 15.2. The summed E-state index contributed by atoms with van der Waals surface area (Å²) >= 11 is 5.34. The quantitative estimate of drug-likeness (QED) is 0.809. The van der Waals surface area contributed by atoms with Gasteiger partial charge in [0.25, 0.3) is 0 Å². The summed E-state index contributed by atoms with van der Waals surface area (Å²) in [6, 6.07) is 14.6. The van der Waals surface area contributed by atoms with Crippen LogP contribution in [0, 0.1) is 12.7 Å². The van der Waals surface area contributed by atoms with Crippen molar-refractivity contribution in [2.75, 3.05) is 5.32 Å². The molecule has 1 atom stereocenters. The molecule has 2 aromatic carbocycles. The molecular formula is C17H19FN2S. The first-order valence-corrected chi connectivity index (χ1v) is 7.39. The Bertz CT molecular complexity index is 610. The Kier molecular flexibility index (Phi) is 5.28. The fourth-order valence-electron chi connectivity index (χ4n) is 2.24. The van der Waals surface area contributed by atoms with Gasteiger partial charge in [-0.15, -0.1) is 0 Å². The predicted molar refractivity (Wildman–Crippen MR) is 90.0 cm³/mol. The van der Waals surface area contributed by atoms with Crippen molar-refractivity contribution in [3.63, 3.8) is 0 Å². The Morgan fingerprint density at radius 2 is 1.81 bits per heavy atom. The maximum absolute atomic E-state index is 12.9. The second-order valence-electron chi connectivity index (χ2n) is 4.92. The summed E-state index contributed by atoms with van der Waals surface area (Å²) in [5, 5.41) is 6.93. The number of halogens is 1. The van der Waals surface area contributed by atoms with Gasteiger partial charge in [-0.05, 0) is 61.0 Å². The molecule has 0 aliphatic carbocycles. The summed E-state index contributed by atoms with van der Waals surface area (Å²) in [5.41, 5.74) is 3.25. The largest absolute Gasteiger partial charge is 0.356 e. The maximum atomic E-state index is 12.9. The highest BCUT2D eigenvalue weighted by molar-refractivity contribution is 7.80. The highest BCUT2D eigenvalue weighted by Gasteiger charge is 2.12. The van der Waals surface area contributed by atoms with Crippen LogP contribution in [0.4, 0.5) is 10.1 Å². The summed E-state index contributed by atoms with van der Waals surface area (Å²) < 4.78 is 12.9. The number of anilines is 1. The Hall–Kier alpha value is -1.94. The topological polar surface area (TPSA) is 24.1 Å². The fourth-order valence-corrected chi connectivity index (χ4v) is 2.50. The van der Waals surface area contributed by atoms with Gasteiger partial charge in [0.15, 0.2) is 5.11 Å². The molecule has 0 radical (unpaired) electrons. The van der Waals surface area contributed by atoms with Gasteiger partial charge in [-0.1, -0.05) is 31.2 Å². The van der Waals surface area contributed by atoms with Crippen LogP contribution in [-0.2, 0) is 0 Å². The van der Waals surface area contributed by atoms with Crippen molar-refractivity contribution in [3.05, 3.63) is 65.5 Å². The molecule has 0 saturated heterocycles. The van der Waals surface area contributed by atoms with Crippen molar-refractivity contribution in [3.8, 4) is 0 Å². The van der Waals surface area contributed by atoms with E-state index in [2.05, 4.69) is 36.6 Å². The van der Waals surface area contributed by atoms with Crippen LogP contribution in [0.2, 0.25) is 0 Å². The molecule has 0 heterocycles. The molecule has 0 spiro atoms. The zero-order valence-electron chi connectivity index (χ0n) is 12.2. The molecule has 0 aliphatic rings. The van der Waals surface area contributed by atoms with Crippen LogP contribution in [0.5, 0.6) is 0 Å². The molecule has 0 aromatic heterocycles.